The van der Waals surface area contributed by atoms with Crippen LogP contribution in [0.15, 0.2) is 36.5 Å². The summed E-state index contributed by atoms with van der Waals surface area (Å²) in [6, 6.07) is 5.40. The number of aliphatic hydroxyl groups is 2. The van der Waals surface area contributed by atoms with Gasteiger partial charge in [-0.3, -0.25) is 4.90 Å². The van der Waals surface area contributed by atoms with E-state index in [1.54, 1.807) is 16.9 Å². The first-order valence-electron chi connectivity index (χ1n) is 12.6. The molecular formula is C26H32F2N8O2. The van der Waals surface area contributed by atoms with Crippen molar-refractivity contribution in [3.05, 3.63) is 59.4 Å². The molecule has 38 heavy (non-hydrogen) atoms. The predicted octanol–water partition coefficient (Wildman–Crippen LogP) is 1.46. The molecule has 0 amide bonds. The van der Waals surface area contributed by atoms with Crippen LogP contribution in [0.1, 0.15) is 11.3 Å². The van der Waals surface area contributed by atoms with Gasteiger partial charge in [-0.2, -0.15) is 15.1 Å². The molecule has 2 aliphatic heterocycles. The lowest BCUT2D eigenvalue weighted by Gasteiger charge is -2.35. The fourth-order valence-corrected chi connectivity index (χ4v) is 4.99. The third kappa shape index (κ3) is 5.62. The van der Waals surface area contributed by atoms with Gasteiger partial charge in [-0.15, -0.1) is 0 Å². The van der Waals surface area contributed by atoms with Crippen molar-refractivity contribution in [2.75, 3.05) is 68.0 Å². The van der Waals surface area contributed by atoms with Crippen LogP contribution in [0, 0.1) is 24.5 Å². The van der Waals surface area contributed by atoms with Crippen LogP contribution in [0.3, 0.4) is 0 Å². The Morgan fingerprint density at radius 1 is 1.00 bits per heavy atom. The van der Waals surface area contributed by atoms with Crippen LogP contribution >= 0.6 is 0 Å². The molecular weight excluding hydrogens is 494 g/mol. The molecule has 0 radical (unpaired) electrons. The highest BCUT2D eigenvalue weighted by molar-refractivity contribution is 5.54. The molecule has 0 bridgehead atoms. The first kappa shape index (κ1) is 26.0. The molecule has 3 aromatic rings. The molecule has 2 aliphatic rings. The van der Waals surface area contributed by atoms with E-state index in [1.807, 2.05) is 22.8 Å². The number of hydrogen-bond donors (Lipinski definition) is 3. The second-order valence-electron chi connectivity index (χ2n) is 9.77. The number of nitrogen functional groups attached to an aromatic ring is 1. The fourth-order valence-electron chi connectivity index (χ4n) is 4.99. The summed E-state index contributed by atoms with van der Waals surface area (Å²) in [7, 11) is 0. The molecule has 2 fully saturated rings. The molecule has 2 aromatic heterocycles. The summed E-state index contributed by atoms with van der Waals surface area (Å²) in [4.78, 5) is 14.8. The summed E-state index contributed by atoms with van der Waals surface area (Å²) in [5, 5.41) is 24.1. The fraction of sp³-hybridized carbons (Fsp3) is 0.423. The van der Waals surface area contributed by atoms with E-state index >= 15 is 0 Å². The molecule has 10 nitrogen and oxygen atoms in total. The van der Waals surface area contributed by atoms with E-state index in [4.69, 9.17) is 5.73 Å². The molecule has 2 atom stereocenters. The first-order valence-corrected chi connectivity index (χ1v) is 12.6. The first-order chi connectivity index (χ1) is 18.3. The van der Waals surface area contributed by atoms with E-state index < -0.39 is 17.7 Å². The van der Waals surface area contributed by atoms with Gasteiger partial charge in [0.25, 0.3) is 0 Å². The molecule has 1 aromatic carbocycles. The number of nitrogens with two attached hydrogens (primary N) is 1. The normalized spacial score (nSPS) is 20.7. The molecule has 0 saturated carbocycles. The second kappa shape index (κ2) is 11.0. The van der Waals surface area contributed by atoms with Gasteiger partial charge in [0.05, 0.1) is 24.6 Å². The Kier molecular flexibility index (Phi) is 7.54. The zero-order valence-electron chi connectivity index (χ0n) is 21.2. The third-order valence-electron chi connectivity index (χ3n) is 7.19. The topological polar surface area (TPSA) is 120 Å². The van der Waals surface area contributed by atoms with E-state index in [1.165, 1.54) is 12.1 Å². The number of aromatic nitrogens is 4. The average Bonchev–Trinajstić information content (AvgIpc) is 3.45. The molecule has 2 saturated heterocycles. The van der Waals surface area contributed by atoms with Crippen LogP contribution in [0.4, 0.5) is 26.2 Å². The Bertz CT molecular complexity index is 1290. The van der Waals surface area contributed by atoms with Crippen molar-refractivity contribution < 1.29 is 19.0 Å². The molecule has 0 spiro atoms. The SMILES string of the molecule is Cc1c(C=CCN2CCN(c3cc(F)cc(F)c3)CC2)cnn1-c1cc(N2C[C@@H](CO)[C@@H](O)C2)nc(N)n1. The van der Waals surface area contributed by atoms with E-state index in [-0.39, 0.29) is 18.5 Å². The van der Waals surface area contributed by atoms with Gasteiger partial charge in [0.1, 0.15) is 17.5 Å². The Balaban J connectivity index is 1.21. The summed E-state index contributed by atoms with van der Waals surface area (Å²) in [6.07, 6.45) is 5.23. The van der Waals surface area contributed by atoms with Crippen molar-refractivity contribution >= 4 is 23.5 Å². The van der Waals surface area contributed by atoms with Crippen LogP contribution in [0.25, 0.3) is 11.9 Å². The van der Waals surface area contributed by atoms with Gasteiger partial charge in [-0.05, 0) is 19.1 Å². The summed E-state index contributed by atoms with van der Waals surface area (Å²) in [5.74, 6) is -0.150. The molecule has 12 heteroatoms. The van der Waals surface area contributed by atoms with Crippen LogP contribution in [0.5, 0.6) is 0 Å². The number of piperazine rings is 1. The highest BCUT2D eigenvalue weighted by Crippen LogP contribution is 2.25. The number of hydrogen-bond acceptors (Lipinski definition) is 9. The Labute approximate surface area is 219 Å². The number of rotatable bonds is 7. The van der Waals surface area contributed by atoms with E-state index in [9.17, 15) is 19.0 Å². The zero-order chi connectivity index (χ0) is 26.8. The highest BCUT2D eigenvalue weighted by Gasteiger charge is 2.32. The van der Waals surface area contributed by atoms with Crippen LogP contribution in [0.2, 0.25) is 0 Å². The number of aliphatic hydroxyl groups excluding tert-OH is 2. The lowest BCUT2D eigenvalue weighted by atomic mass is 10.1. The summed E-state index contributed by atoms with van der Waals surface area (Å²) in [5.41, 5.74) is 8.38. The summed E-state index contributed by atoms with van der Waals surface area (Å²) < 4.78 is 28.8. The van der Waals surface area contributed by atoms with Crippen molar-refractivity contribution in [1.29, 1.82) is 0 Å². The smallest absolute Gasteiger partial charge is 0.224 e. The number of halogens is 2. The Morgan fingerprint density at radius 2 is 1.71 bits per heavy atom. The minimum atomic E-state index is -0.630. The summed E-state index contributed by atoms with van der Waals surface area (Å²) >= 11 is 0. The maximum Gasteiger partial charge on any atom is 0.224 e. The van der Waals surface area contributed by atoms with Gasteiger partial charge in [0.2, 0.25) is 5.95 Å². The van der Waals surface area contributed by atoms with Gasteiger partial charge >= 0.3 is 0 Å². The number of benzene rings is 1. The number of β-amino-alcohol motifs (C(OH)–C–C–N with tert-alkyl or cyclic N) is 1. The molecule has 0 aliphatic carbocycles. The third-order valence-corrected chi connectivity index (χ3v) is 7.19. The van der Waals surface area contributed by atoms with Crippen LogP contribution in [-0.2, 0) is 0 Å². The predicted molar refractivity (Wildman–Crippen MR) is 141 cm³/mol. The highest BCUT2D eigenvalue weighted by atomic mass is 19.1. The number of nitrogens with zero attached hydrogens (tertiary/aromatic N) is 7. The molecule has 202 valence electrons. The van der Waals surface area contributed by atoms with Gasteiger partial charge < -0.3 is 25.7 Å². The molecule has 0 unspecified atom stereocenters. The van der Waals surface area contributed by atoms with Crippen LogP contribution in [-0.4, -0.2) is 93.4 Å². The zero-order valence-corrected chi connectivity index (χ0v) is 21.2. The molecule has 5 rings (SSSR count). The van der Waals surface area contributed by atoms with E-state index in [2.05, 4.69) is 26.0 Å². The standard InChI is InChI=1S/C26H32F2N8O2/c1-17-18(3-2-4-33-5-7-34(8-6-33)22-10-20(27)9-21(28)11-22)13-30-36(17)25-12-24(31-26(29)32-25)35-14-19(16-37)23(38)15-35/h2-3,9-13,19,23,37-38H,4-8,14-16H2,1H3,(H2,29,31,32)/t19-,23-/m0/s1. The number of anilines is 3. The minimum Gasteiger partial charge on any atom is -0.396 e. The van der Waals surface area contributed by atoms with E-state index in [0.717, 1.165) is 37.0 Å². The van der Waals surface area contributed by atoms with Crippen molar-refractivity contribution in [2.24, 2.45) is 5.92 Å². The maximum absolute atomic E-state index is 13.6. The Morgan fingerprint density at radius 3 is 2.39 bits per heavy atom. The average molecular weight is 527 g/mol. The van der Waals surface area contributed by atoms with Gasteiger partial charge in [-0.25, -0.2) is 13.5 Å². The van der Waals surface area contributed by atoms with Gasteiger partial charge in [-0.1, -0.05) is 12.2 Å². The lowest BCUT2D eigenvalue weighted by Crippen LogP contribution is -2.46. The molecule has 4 heterocycles. The lowest BCUT2D eigenvalue weighted by molar-refractivity contribution is 0.104. The van der Waals surface area contributed by atoms with Crippen LogP contribution < -0.4 is 15.5 Å². The van der Waals surface area contributed by atoms with E-state index in [0.29, 0.717) is 43.5 Å². The van der Waals surface area contributed by atoms with Crippen molar-refractivity contribution in [1.82, 2.24) is 24.6 Å². The largest absolute Gasteiger partial charge is 0.396 e. The Hall–Kier alpha value is -3.61. The summed E-state index contributed by atoms with van der Waals surface area (Å²) in [6.45, 7) is 6.39. The minimum absolute atomic E-state index is 0.0955. The quantitative estimate of drug-likeness (QED) is 0.420. The van der Waals surface area contributed by atoms with Crippen molar-refractivity contribution in [3.63, 3.8) is 0 Å². The van der Waals surface area contributed by atoms with Gasteiger partial charge in [0, 0.05) is 75.1 Å². The van der Waals surface area contributed by atoms with Crippen molar-refractivity contribution in [3.8, 4) is 5.82 Å². The maximum atomic E-state index is 13.6. The van der Waals surface area contributed by atoms with Crippen molar-refractivity contribution in [2.45, 2.75) is 13.0 Å². The monoisotopic (exact) mass is 526 g/mol. The second-order valence-corrected chi connectivity index (χ2v) is 9.77. The van der Waals surface area contributed by atoms with Gasteiger partial charge in [0.15, 0.2) is 5.82 Å². The molecule has 4 N–H and O–H groups in total.